The van der Waals surface area contributed by atoms with E-state index in [0.29, 0.717) is 25.9 Å². The highest BCUT2D eigenvalue weighted by Gasteiger charge is 2.38. The average Bonchev–Trinajstić information content (AvgIpc) is 2.46. The van der Waals surface area contributed by atoms with Crippen LogP contribution in [0.25, 0.3) is 0 Å². The van der Waals surface area contributed by atoms with Crippen LogP contribution in [0.1, 0.15) is 25.3 Å². The molecule has 1 aliphatic rings. The third-order valence-electron chi connectivity index (χ3n) is 4.10. The number of likely N-dealkylation sites (tertiary alicyclic amines) is 1. The van der Waals surface area contributed by atoms with Crippen molar-refractivity contribution in [2.45, 2.75) is 30.8 Å². The first kappa shape index (κ1) is 19.2. The van der Waals surface area contributed by atoms with Crippen molar-refractivity contribution < 1.29 is 26.4 Å². The van der Waals surface area contributed by atoms with Crippen LogP contribution in [0.3, 0.4) is 0 Å². The highest BCUT2D eigenvalue weighted by molar-refractivity contribution is 9.10. The third kappa shape index (κ3) is 4.50. The Hall–Kier alpha value is -1.09. The zero-order valence-corrected chi connectivity index (χ0v) is 15.3. The van der Waals surface area contributed by atoms with Crippen molar-refractivity contribution in [3.05, 3.63) is 28.2 Å². The monoisotopic (exact) mass is 427 g/mol. The van der Waals surface area contributed by atoms with Gasteiger partial charge in [-0.2, -0.15) is 13.2 Å². The Labute approximate surface area is 147 Å². The predicted octanol–water partition coefficient (Wildman–Crippen LogP) is 3.50. The topological polar surface area (TPSA) is 54.5 Å². The van der Waals surface area contributed by atoms with E-state index in [-0.39, 0.29) is 22.1 Å². The van der Waals surface area contributed by atoms with Gasteiger partial charge >= 0.3 is 6.18 Å². The van der Waals surface area contributed by atoms with E-state index in [1.165, 1.54) is 13.0 Å². The summed E-state index contributed by atoms with van der Waals surface area (Å²) in [5.41, 5.74) is -1.15. The molecule has 0 aliphatic carbocycles. The maximum Gasteiger partial charge on any atom is 0.417 e. The Morgan fingerprint density at radius 3 is 2.38 bits per heavy atom. The molecule has 0 saturated carbocycles. The molecule has 0 spiro atoms. The summed E-state index contributed by atoms with van der Waals surface area (Å²) >= 11 is 2.94. The number of halogens is 4. The highest BCUT2D eigenvalue weighted by Crippen LogP contribution is 2.37. The lowest BCUT2D eigenvalue weighted by Gasteiger charge is -2.31. The first-order valence-corrected chi connectivity index (χ1v) is 9.80. The van der Waals surface area contributed by atoms with Gasteiger partial charge in [0.15, 0.2) is 9.84 Å². The molecule has 0 radical (unpaired) electrons. The van der Waals surface area contributed by atoms with E-state index in [1.807, 2.05) is 0 Å². The second-order valence-corrected chi connectivity index (χ2v) is 8.79. The van der Waals surface area contributed by atoms with Crippen LogP contribution in [0.4, 0.5) is 13.2 Å². The van der Waals surface area contributed by atoms with Crippen LogP contribution in [0.5, 0.6) is 0 Å². The molecule has 134 valence electrons. The van der Waals surface area contributed by atoms with Crippen LogP contribution in [0.2, 0.25) is 0 Å². The van der Waals surface area contributed by atoms with Gasteiger partial charge in [0.1, 0.15) is 0 Å². The van der Waals surface area contributed by atoms with Crippen LogP contribution in [-0.4, -0.2) is 38.1 Å². The van der Waals surface area contributed by atoms with Crippen molar-refractivity contribution in [3.63, 3.8) is 0 Å². The van der Waals surface area contributed by atoms with Gasteiger partial charge in [-0.15, -0.1) is 0 Å². The molecule has 0 bridgehead atoms. The van der Waals surface area contributed by atoms with Gasteiger partial charge in [-0.05, 0) is 37.0 Å². The molecule has 1 aromatic carbocycles. The summed E-state index contributed by atoms with van der Waals surface area (Å²) in [4.78, 5) is 12.2. The second kappa shape index (κ2) is 7.03. The molecule has 0 atom stereocenters. The van der Waals surface area contributed by atoms with E-state index in [0.717, 1.165) is 12.1 Å². The summed E-state index contributed by atoms with van der Waals surface area (Å²) in [5.74, 6) is -0.678. The van der Waals surface area contributed by atoms with Crippen molar-refractivity contribution >= 4 is 31.7 Å². The highest BCUT2D eigenvalue weighted by atomic mass is 79.9. The summed E-state index contributed by atoms with van der Waals surface area (Å²) < 4.78 is 64.6. The van der Waals surface area contributed by atoms with Crippen molar-refractivity contribution in [3.8, 4) is 0 Å². The largest absolute Gasteiger partial charge is 0.417 e. The van der Waals surface area contributed by atoms with Crippen LogP contribution >= 0.6 is 15.9 Å². The average molecular weight is 428 g/mol. The molecule has 1 amide bonds. The third-order valence-corrected chi connectivity index (χ3v) is 6.53. The smallest absolute Gasteiger partial charge is 0.343 e. The molecule has 4 nitrogen and oxygen atoms in total. The summed E-state index contributed by atoms with van der Waals surface area (Å²) in [6, 6.07) is 3.07. The van der Waals surface area contributed by atoms with Crippen LogP contribution in [0, 0.1) is 5.92 Å². The van der Waals surface area contributed by atoms with Gasteiger partial charge in [0, 0.05) is 24.5 Å². The van der Waals surface area contributed by atoms with Gasteiger partial charge in [0.2, 0.25) is 5.91 Å². The molecular formula is C15H17BrF3NO3S. The van der Waals surface area contributed by atoms with Crippen LogP contribution in [-0.2, 0) is 20.8 Å². The molecule has 2 rings (SSSR count). The van der Waals surface area contributed by atoms with E-state index in [9.17, 15) is 26.4 Å². The van der Waals surface area contributed by atoms with E-state index >= 15 is 0 Å². The molecule has 9 heteroatoms. The molecule has 1 heterocycles. The number of hydrogen-bond acceptors (Lipinski definition) is 3. The number of benzene rings is 1. The lowest BCUT2D eigenvalue weighted by atomic mass is 9.99. The van der Waals surface area contributed by atoms with E-state index < -0.39 is 26.5 Å². The number of amides is 1. The number of rotatable bonds is 3. The number of hydrogen-bond donors (Lipinski definition) is 0. The normalized spacial score (nSPS) is 17.1. The number of sulfone groups is 1. The van der Waals surface area contributed by atoms with Gasteiger partial charge in [0.05, 0.1) is 16.2 Å². The van der Waals surface area contributed by atoms with Crippen molar-refractivity contribution in [2.75, 3.05) is 18.8 Å². The number of piperidine rings is 1. The van der Waals surface area contributed by atoms with E-state index in [4.69, 9.17) is 0 Å². The molecule has 24 heavy (non-hydrogen) atoms. The molecule has 1 aliphatic heterocycles. The zero-order valence-electron chi connectivity index (χ0n) is 12.9. The summed E-state index contributed by atoms with van der Waals surface area (Å²) in [5, 5.41) is 0. The quantitative estimate of drug-likeness (QED) is 0.741. The lowest BCUT2D eigenvalue weighted by molar-refractivity contribution is -0.140. The van der Waals surface area contributed by atoms with Gasteiger partial charge < -0.3 is 4.90 Å². The van der Waals surface area contributed by atoms with Crippen molar-refractivity contribution in [1.29, 1.82) is 0 Å². The van der Waals surface area contributed by atoms with Crippen molar-refractivity contribution in [2.24, 2.45) is 5.92 Å². The Kier molecular flexibility index (Phi) is 5.64. The fourth-order valence-electron chi connectivity index (χ4n) is 2.81. The minimum Gasteiger partial charge on any atom is -0.343 e. The van der Waals surface area contributed by atoms with E-state index in [2.05, 4.69) is 15.9 Å². The Bertz CT molecular complexity index is 726. The van der Waals surface area contributed by atoms with Gasteiger partial charge in [-0.25, -0.2) is 8.42 Å². The standard InChI is InChI=1S/C15H17BrF3NO3S/c1-10(21)20-6-4-11(5-7-20)9-24(22,23)14-3-2-12(16)8-13(14)15(17,18)19/h2-3,8,11H,4-7,9H2,1H3. The number of carbonyl (C=O) groups excluding carboxylic acids is 1. The van der Waals surface area contributed by atoms with Gasteiger partial charge in [-0.1, -0.05) is 15.9 Å². The SMILES string of the molecule is CC(=O)N1CCC(CS(=O)(=O)c2ccc(Br)cc2C(F)(F)F)CC1. The summed E-state index contributed by atoms with van der Waals surface area (Å²) in [6.45, 7) is 2.30. The molecule has 1 fully saturated rings. The van der Waals surface area contributed by atoms with Crippen molar-refractivity contribution in [1.82, 2.24) is 4.90 Å². The lowest BCUT2D eigenvalue weighted by Crippen LogP contribution is -2.38. The molecule has 1 saturated heterocycles. The summed E-state index contributed by atoms with van der Waals surface area (Å²) in [7, 11) is -4.07. The minimum atomic E-state index is -4.75. The van der Waals surface area contributed by atoms with E-state index in [1.54, 1.807) is 4.90 Å². The molecular weight excluding hydrogens is 411 g/mol. The zero-order chi connectivity index (χ0) is 18.1. The van der Waals surface area contributed by atoms with Crippen LogP contribution < -0.4 is 0 Å². The van der Waals surface area contributed by atoms with Gasteiger partial charge in [-0.3, -0.25) is 4.79 Å². The molecule has 0 N–H and O–H groups in total. The predicted molar refractivity (Wildman–Crippen MR) is 86.2 cm³/mol. The fraction of sp³-hybridized carbons (Fsp3) is 0.533. The number of alkyl halides is 3. The molecule has 0 aromatic heterocycles. The fourth-order valence-corrected chi connectivity index (χ4v) is 5.09. The molecule has 1 aromatic rings. The van der Waals surface area contributed by atoms with Gasteiger partial charge in [0.25, 0.3) is 0 Å². The summed E-state index contributed by atoms with van der Waals surface area (Å²) in [6.07, 6.45) is -3.81. The van der Waals surface area contributed by atoms with Crippen LogP contribution in [0.15, 0.2) is 27.6 Å². The second-order valence-electron chi connectivity index (χ2n) is 5.87. The first-order chi connectivity index (χ1) is 11.0. The Morgan fingerprint density at radius 1 is 1.29 bits per heavy atom. The maximum absolute atomic E-state index is 13.1. The minimum absolute atomic E-state index is 0.0800. The Morgan fingerprint density at radius 2 is 1.88 bits per heavy atom. The number of carbonyl (C=O) groups is 1. The Balaban J connectivity index is 2.22. The number of nitrogens with zero attached hydrogens (tertiary/aromatic N) is 1. The maximum atomic E-state index is 13.1. The molecule has 0 unspecified atom stereocenters. The first-order valence-electron chi connectivity index (χ1n) is 7.36.